The van der Waals surface area contributed by atoms with Gasteiger partial charge in [0.25, 0.3) is 11.8 Å². The molecule has 1 atom stereocenters. The van der Waals surface area contributed by atoms with Gasteiger partial charge in [0.2, 0.25) is 0 Å². The van der Waals surface area contributed by atoms with E-state index in [4.69, 9.17) is 15.6 Å². The number of carbonyl (C=O) groups is 2. The Hall–Kier alpha value is -3.73. The van der Waals surface area contributed by atoms with Crippen LogP contribution < -0.4 is 20.7 Å². The Bertz CT molecular complexity index is 1280. The first-order valence-electron chi connectivity index (χ1n) is 11.8. The molecule has 10 nitrogen and oxygen atoms in total. The lowest BCUT2D eigenvalue weighted by Crippen LogP contribution is -2.39. The molecule has 0 radical (unpaired) electrons. The zero-order chi connectivity index (χ0) is 24.5. The van der Waals surface area contributed by atoms with Gasteiger partial charge in [-0.05, 0) is 37.5 Å². The molecule has 4 heterocycles. The second-order valence-corrected chi connectivity index (χ2v) is 8.86. The summed E-state index contributed by atoms with van der Waals surface area (Å²) < 4.78 is 21.6. The van der Waals surface area contributed by atoms with Gasteiger partial charge in [-0.15, -0.1) is 0 Å². The highest BCUT2D eigenvalue weighted by molar-refractivity contribution is 5.97. The zero-order valence-corrected chi connectivity index (χ0v) is 19.5. The molecular formula is C24H28FN7O3. The van der Waals surface area contributed by atoms with E-state index in [1.54, 1.807) is 9.42 Å². The molecular weight excluding hydrogens is 453 g/mol. The number of likely N-dealkylation sites (N-methyl/N-ethyl adjacent to an activating group) is 1. The lowest BCUT2D eigenvalue weighted by Gasteiger charge is -2.35. The second kappa shape index (κ2) is 9.49. The fraction of sp³-hybridized carbons (Fsp3) is 0.417. The number of fused-ring (bicyclic) bond motifs is 4. The minimum atomic E-state index is -0.549. The average molecular weight is 482 g/mol. The number of aromatic nitrogens is 3. The summed E-state index contributed by atoms with van der Waals surface area (Å²) in [4.78, 5) is 34.4. The maximum atomic E-state index is 14.2. The molecule has 0 aliphatic carbocycles. The number of piperidine rings is 1. The first kappa shape index (κ1) is 23.0. The topological polar surface area (TPSA) is 118 Å². The Kier molecular flexibility index (Phi) is 6.25. The van der Waals surface area contributed by atoms with Gasteiger partial charge in [0.1, 0.15) is 17.4 Å². The van der Waals surface area contributed by atoms with Gasteiger partial charge < -0.3 is 25.6 Å². The Balaban J connectivity index is 1.64. The fourth-order valence-electron chi connectivity index (χ4n) is 4.67. The number of nitrogens with one attached hydrogen (secondary N) is 1. The number of ether oxygens (including phenoxy) is 1. The van der Waals surface area contributed by atoms with Gasteiger partial charge in [0.05, 0.1) is 23.0 Å². The van der Waals surface area contributed by atoms with E-state index >= 15 is 0 Å². The summed E-state index contributed by atoms with van der Waals surface area (Å²) in [6.07, 6.45) is 2.48. The normalized spacial score (nSPS) is 19.3. The molecule has 0 saturated carbocycles. The average Bonchev–Trinajstić information content (AvgIpc) is 3.30. The van der Waals surface area contributed by atoms with Crippen LogP contribution in [-0.4, -0.2) is 64.6 Å². The molecule has 2 aromatic heterocycles. The van der Waals surface area contributed by atoms with E-state index in [1.165, 1.54) is 12.1 Å². The lowest BCUT2D eigenvalue weighted by atomic mass is 9.98. The van der Waals surface area contributed by atoms with E-state index in [1.807, 2.05) is 24.1 Å². The van der Waals surface area contributed by atoms with Crippen LogP contribution >= 0.6 is 0 Å². The van der Waals surface area contributed by atoms with Crippen LogP contribution in [0.15, 0.2) is 30.3 Å². The maximum absolute atomic E-state index is 14.2. The molecule has 184 valence electrons. The Morgan fingerprint density at radius 1 is 1.20 bits per heavy atom. The lowest BCUT2D eigenvalue weighted by molar-refractivity contribution is -0.123. The van der Waals surface area contributed by atoms with Gasteiger partial charge in [0, 0.05) is 45.4 Å². The number of amides is 2. The minimum absolute atomic E-state index is 0.0875. The maximum Gasteiger partial charge on any atom is 0.258 e. The summed E-state index contributed by atoms with van der Waals surface area (Å²) in [5.41, 5.74) is 8.04. The van der Waals surface area contributed by atoms with Crippen molar-refractivity contribution in [1.82, 2.24) is 24.8 Å². The molecule has 1 saturated heterocycles. The molecule has 1 fully saturated rings. The van der Waals surface area contributed by atoms with E-state index < -0.39 is 5.82 Å². The van der Waals surface area contributed by atoms with Crippen molar-refractivity contribution in [2.75, 3.05) is 38.2 Å². The zero-order valence-electron chi connectivity index (χ0n) is 19.5. The van der Waals surface area contributed by atoms with Crippen molar-refractivity contribution in [2.24, 2.45) is 5.73 Å². The van der Waals surface area contributed by atoms with Gasteiger partial charge in [-0.25, -0.2) is 9.37 Å². The molecule has 3 N–H and O–H groups in total. The molecule has 3 aromatic rings. The van der Waals surface area contributed by atoms with E-state index in [9.17, 15) is 14.0 Å². The number of rotatable bonds is 1. The van der Waals surface area contributed by atoms with Crippen molar-refractivity contribution in [1.29, 1.82) is 0 Å². The van der Waals surface area contributed by atoms with E-state index in [0.717, 1.165) is 31.1 Å². The Morgan fingerprint density at radius 3 is 2.89 bits per heavy atom. The first-order chi connectivity index (χ1) is 16.9. The van der Waals surface area contributed by atoms with Crippen molar-refractivity contribution < 1.29 is 18.7 Å². The minimum Gasteiger partial charge on any atom is -0.483 e. The van der Waals surface area contributed by atoms with Crippen molar-refractivity contribution in [2.45, 2.75) is 31.8 Å². The third kappa shape index (κ3) is 4.51. The number of nitrogens with zero attached hydrogens (tertiary/aromatic N) is 5. The summed E-state index contributed by atoms with van der Waals surface area (Å²) in [6.45, 7) is 1.36. The van der Waals surface area contributed by atoms with Crippen LogP contribution in [0.3, 0.4) is 0 Å². The molecule has 2 aliphatic rings. The van der Waals surface area contributed by atoms with Crippen LogP contribution in [0.4, 0.5) is 10.2 Å². The fourth-order valence-corrected chi connectivity index (χ4v) is 4.67. The van der Waals surface area contributed by atoms with Crippen LogP contribution in [0.5, 0.6) is 5.75 Å². The number of carbonyl (C=O) groups excluding carboxylic acids is 2. The number of hydrogen-bond donors (Lipinski definition) is 2. The second-order valence-electron chi connectivity index (χ2n) is 8.86. The molecule has 0 spiro atoms. The quantitative estimate of drug-likeness (QED) is 0.543. The highest BCUT2D eigenvalue weighted by Crippen LogP contribution is 2.34. The molecule has 2 bridgehead atoms. The van der Waals surface area contributed by atoms with Gasteiger partial charge in [0.15, 0.2) is 12.3 Å². The highest BCUT2D eigenvalue weighted by atomic mass is 19.1. The molecule has 2 aliphatic heterocycles. The van der Waals surface area contributed by atoms with Crippen molar-refractivity contribution in [3.8, 4) is 5.75 Å². The van der Waals surface area contributed by atoms with Crippen LogP contribution in [0.2, 0.25) is 0 Å². The van der Waals surface area contributed by atoms with E-state index in [0.29, 0.717) is 36.7 Å². The SMILES string of the molecule is CN1CCNC(=O)COc2ccc(F)cc2C(=O)N2CCCCC2c2cc3nc(CN)cc1n3n2. The molecule has 1 unspecified atom stereocenters. The summed E-state index contributed by atoms with van der Waals surface area (Å²) in [7, 11) is 1.91. The summed E-state index contributed by atoms with van der Waals surface area (Å²) in [5, 5.41) is 7.65. The Labute approximate surface area is 201 Å². The van der Waals surface area contributed by atoms with Crippen molar-refractivity contribution in [3.05, 3.63) is 53.1 Å². The molecule has 11 heteroatoms. The van der Waals surface area contributed by atoms with Gasteiger partial charge in [-0.3, -0.25) is 9.59 Å². The van der Waals surface area contributed by atoms with Crippen LogP contribution in [0, 0.1) is 5.82 Å². The van der Waals surface area contributed by atoms with Crippen LogP contribution in [0.25, 0.3) is 5.65 Å². The molecule has 5 rings (SSSR count). The van der Waals surface area contributed by atoms with Gasteiger partial charge in [-0.1, -0.05) is 0 Å². The van der Waals surface area contributed by atoms with E-state index in [-0.39, 0.29) is 42.3 Å². The Morgan fingerprint density at radius 2 is 2.06 bits per heavy atom. The summed E-state index contributed by atoms with van der Waals surface area (Å²) in [5.74, 6) is -0.297. The molecule has 1 aromatic carbocycles. The molecule has 35 heavy (non-hydrogen) atoms. The monoisotopic (exact) mass is 481 g/mol. The predicted octanol–water partition coefficient (Wildman–Crippen LogP) is 1.64. The van der Waals surface area contributed by atoms with Crippen LogP contribution in [0.1, 0.15) is 47.1 Å². The number of benzene rings is 1. The standard InChI is InChI=1S/C24H28FN7O3/c1-30-9-7-27-22(33)14-35-20-6-5-15(25)10-17(20)24(34)31-8-3-2-4-19(31)18-12-21-28-16(13-26)11-23(30)32(21)29-18/h5-6,10-12,19H,2-4,7-9,13-14,26H2,1H3,(H,27,33). The predicted molar refractivity (Wildman–Crippen MR) is 127 cm³/mol. The van der Waals surface area contributed by atoms with Gasteiger partial charge in [-0.2, -0.15) is 9.61 Å². The third-order valence-corrected chi connectivity index (χ3v) is 6.49. The smallest absolute Gasteiger partial charge is 0.258 e. The van der Waals surface area contributed by atoms with Crippen molar-refractivity contribution in [3.63, 3.8) is 0 Å². The number of anilines is 1. The first-order valence-corrected chi connectivity index (χ1v) is 11.8. The van der Waals surface area contributed by atoms with Crippen molar-refractivity contribution >= 4 is 23.3 Å². The van der Waals surface area contributed by atoms with Gasteiger partial charge >= 0.3 is 0 Å². The third-order valence-electron chi connectivity index (χ3n) is 6.49. The largest absolute Gasteiger partial charge is 0.483 e. The number of hydrogen-bond acceptors (Lipinski definition) is 7. The number of nitrogens with two attached hydrogens (primary N) is 1. The molecule has 2 amide bonds. The number of halogens is 1. The summed E-state index contributed by atoms with van der Waals surface area (Å²) >= 11 is 0. The van der Waals surface area contributed by atoms with E-state index in [2.05, 4.69) is 10.3 Å². The van der Waals surface area contributed by atoms with Crippen LogP contribution in [-0.2, 0) is 11.3 Å². The summed E-state index contributed by atoms with van der Waals surface area (Å²) in [6, 6.07) is 7.23. The highest BCUT2D eigenvalue weighted by Gasteiger charge is 2.33.